The first-order valence-corrected chi connectivity index (χ1v) is 12.5. The molecule has 0 aromatic heterocycles. The number of ether oxygens (including phenoxy) is 3. The molecule has 13 heteroatoms. The summed E-state index contributed by atoms with van der Waals surface area (Å²) >= 11 is 0. The van der Waals surface area contributed by atoms with Gasteiger partial charge in [0, 0.05) is 0 Å². The van der Waals surface area contributed by atoms with Crippen molar-refractivity contribution in [2.75, 3.05) is 6.61 Å². The summed E-state index contributed by atoms with van der Waals surface area (Å²) in [6.45, 7) is 8.24. The molecule has 40 heavy (non-hydrogen) atoms. The normalized spacial score (nSPS) is 33.4. The Morgan fingerprint density at radius 3 is 2.02 bits per heavy atom. The van der Waals surface area contributed by atoms with Crippen molar-refractivity contribution in [1.82, 2.24) is 0 Å². The highest BCUT2D eigenvalue weighted by molar-refractivity contribution is 6.15. The fraction of sp³-hybridized carbons (Fsp3) is 0.593. The van der Waals surface area contributed by atoms with Crippen LogP contribution in [0.5, 0.6) is 17.2 Å². The minimum Gasteiger partial charge on any atom is -0.504 e. The van der Waals surface area contributed by atoms with E-state index in [9.17, 15) is 50.1 Å². The Labute approximate surface area is 230 Å². The lowest BCUT2D eigenvalue weighted by Gasteiger charge is -2.53. The van der Waals surface area contributed by atoms with Crippen molar-refractivity contribution in [1.29, 1.82) is 0 Å². The molecule has 1 aliphatic heterocycles. The number of esters is 1. The van der Waals surface area contributed by atoms with E-state index in [4.69, 9.17) is 14.2 Å². The second-order valence-electron chi connectivity index (χ2n) is 11.5. The van der Waals surface area contributed by atoms with Gasteiger partial charge in [-0.1, -0.05) is 19.4 Å². The number of phenolic OH excluding ortho intramolecular Hbond substituents is 3. The van der Waals surface area contributed by atoms with Crippen LogP contribution in [0.4, 0.5) is 0 Å². The number of Topliss-reactive ketones (excluding diaryl/α,β-unsaturated/α-hetero) is 2. The molecule has 2 unspecified atom stereocenters. The SMILES string of the molecule is CC(C)=CC1(O)C(=O)C(C)(C)C(=O)C(C)(C)C1O[C@@H]1O[C@H](COC(=O)c2cc(O)c(O)c(O)c2)[C@@H](O)[C@H](O)[C@H]1O. The van der Waals surface area contributed by atoms with Crippen molar-refractivity contribution in [3.8, 4) is 17.2 Å². The predicted octanol–water partition coefficient (Wildman–Crippen LogP) is 0.0545. The standard InChI is InChI=1S/C27H36O13/c1-11(2)9-27(37)23(36)25(3,4)22(35)26(5,6)24(27)40-21-19(33)18(32)17(31)15(39-21)10-38-20(34)12-7-13(28)16(30)14(29)8-12/h7-9,15,17-19,21,24,28-33,37H,10H2,1-6H3/t15-,17-,18+,19-,21+,24?,27?/m1/s1. The summed E-state index contributed by atoms with van der Waals surface area (Å²) in [5.74, 6) is -4.92. The molecule has 7 N–H and O–H groups in total. The summed E-state index contributed by atoms with van der Waals surface area (Å²) in [4.78, 5) is 39.2. The molecule has 0 radical (unpaired) electrons. The van der Waals surface area contributed by atoms with Crippen molar-refractivity contribution in [2.24, 2.45) is 10.8 Å². The fourth-order valence-electron chi connectivity index (χ4n) is 5.32. The van der Waals surface area contributed by atoms with E-state index in [0.29, 0.717) is 5.57 Å². The molecule has 222 valence electrons. The molecule has 1 aromatic rings. The third kappa shape index (κ3) is 5.32. The van der Waals surface area contributed by atoms with Crippen LogP contribution in [0.15, 0.2) is 23.8 Å². The number of hydrogen-bond acceptors (Lipinski definition) is 13. The first-order valence-electron chi connectivity index (χ1n) is 12.5. The van der Waals surface area contributed by atoms with Crippen LogP contribution in [0.3, 0.4) is 0 Å². The van der Waals surface area contributed by atoms with Crippen molar-refractivity contribution >= 4 is 17.5 Å². The van der Waals surface area contributed by atoms with E-state index < -0.39 is 94.6 Å². The van der Waals surface area contributed by atoms with Crippen LogP contribution in [0.1, 0.15) is 51.9 Å². The van der Waals surface area contributed by atoms with Gasteiger partial charge >= 0.3 is 5.97 Å². The molecular weight excluding hydrogens is 532 g/mol. The van der Waals surface area contributed by atoms with Gasteiger partial charge in [0.15, 0.2) is 40.7 Å². The molecule has 1 saturated heterocycles. The highest BCUT2D eigenvalue weighted by Crippen LogP contribution is 2.48. The molecule has 0 bridgehead atoms. The molecule has 1 aromatic carbocycles. The number of phenols is 3. The number of rotatable bonds is 6. The van der Waals surface area contributed by atoms with Crippen LogP contribution in [0.2, 0.25) is 0 Å². The molecule has 1 aliphatic carbocycles. The largest absolute Gasteiger partial charge is 0.504 e. The number of hydrogen-bond donors (Lipinski definition) is 7. The lowest BCUT2D eigenvalue weighted by atomic mass is 9.56. The Morgan fingerprint density at radius 1 is 0.950 bits per heavy atom. The van der Waals surface area contributed by atoms with Crippen LogP contribution in [0.25, 0.3) is 0 Å². The van der Waals surface area contributed by atoms with Crippen molar-refractivity contribution in [3.63, 3.8) is 0 Å². The Hall–Kier alpha value is -3.07. The lowest BCUT2D eigenvalue weighted by molar-refractivity contribution is -0.328. The quantitative estimate of drug-likeness (QED) is 0.105. The van der Waals surface area contributed by atoms with Gasteiger partial charge in [0.2, 0.25) is 0 Å². The summed E-state index contributed by atoms with van der Waals surface area (Å²) in [7, 11) is 0. The number of carbonyl (C=O) groups excluding carboxylic acids is 3. The number of ketones is 2. The monoisotopic (exact) mass is 568 g/mol. The van der Waals surface area contributed by atoms with Crippen molar-refractivity contribution in [2.45, 2.75) is 84.0 Å². The molecule has 13 nitrogen and oxygen atoms in total. The zero-order chi connectivity index (χ0) is 30.5. The van der Waals surface area contributed by atoms with Crippen LogP contribution in [-0.4, -0.2) is 102 Å². The zero-order valence-corrected chi connectivity index (χ0v) is 23.0. The average Bonchev–Trinajstić information content (AvgIpc) is 2.86. The summed E-state index contributed by atoms with van der Waals surface area (Å²) in [5, 5.41) is 71.9. The smallest absolute Gasteiger partial charge is 0.338 e. The maximum absolute atomic E-state index is 13.4. The third-order valence-electron chi connectivity index (χ3n) is 7.27. The van der Waals surface area contributed by atoms with Gasteiger partial charge in [-0.05, 0) is 45.9 Å². The lowest BCUT2D eigenvalue weighted by Crippen LogP contribution is -2.71. The van der Waals surface area contributed by atoms with E-state index in [1.165, 1.54) is 33.8 Å². The summed E-state index contributed by atoms with van der Waals surface area (Å²) in [6.07, 6.45) is -9.24. The third-order valence-corrected chi connectivity index (χ3v) is 7.27. The van der Waals surface area contributed by atoms with E-state index in [-0.39, 0.29) is 5.56 Å². The fourth-order valence-corrected chi connectivity index (χ4v) is 5.32. The van der Waals surface area contributed by atoms with Gasteiger partial charge in [-0.2, -0.15) is 0 Å². The van der Waals surface area contributed by atoms with Gasteiger partial charge in [-0.25, -0.2) is 4.79 Å². The number of allylic oxidation sites excluding steroid dienone is 1. The van der Waals surface area contributed by atoms with Gasteiger partial charge < -0.3 is 50.0 Å². The molecular formula is C27H36O13. The van der Waals surface area contributed by atoms with Gasteiger partial charge in [0.05, 0.1) is 16.4 Å². The Balaban J connectivity index is 1.88. The second-order valence-corrected chi connectivity index (χ2v) is 11.5. The van der Waals surface area contributed by atoms with E-state index in [0.717, 1.165) is 12.1 Å². The molecule has 7 atom stereocenters. The molecule has 2 fully saturated rings. The topological polar surface area (TPSA) is 221 Å². The number of carbonyl (C=O) groups is 3. The van der Waals surface area contributed by atoms with Gasteiger partial charge in [0.1, 0.15) is 37.1 Å². The second kappa shape index (κ2) is 10.7. The van der Waals surface area contributed by atoms with Crippen LogP contribution in [-0.2, 0) is 23.8 Å². The van der Waals surface area contributed by atoms with Crippen LogP contribution >= 0.6 is 0 Å². The average molecular weight is 569 g/mol. The highest BCUT2D eigenvalue weighted by atomic mass is 16.7. The minimum absolute atomic E-state index is 0.359. The summed E-state index contributed by atoms with van der Waals surface area (Å²) in [6, 6.07) is 1.65. The number of benzene rings is 1. The molecule has 0 spiro atoms. The Bertz CT molecular complexity index is 1190. The van der Waals surface area contributed by atoms with Crippen LogP contribution in [0, 0.1) is 10.8 Å². The van der Waals surface area contributed by atoms with Crippen LogP contribution < -0.4 is 0 Å². The summed E-state index contributed by atoms with van der Waals surface area (Å²) in [5.41, 5.74) is -5.26. The number of aliphatic hydroxyl groups is 4. The Kier molecular flexibility index (Phi) is 8.44. The highest BCUT2D eigenvalue weighted by Gasteiger charge is 2.66. The van der Waals surface area contributed by atoms with E-state index in [1.54, 1.807) is 13.8 Å². The predicted molar refractivity (Wildman–Crippen MR) is 135 cm³/mol. The van der Waals surface area contributed by atoms with Gasteiger partial charge in [0.25, 0.3) is 0 Å². The molecule has 3 rings (SSSR count). The van der Waals surface area contributed by atoms with Gasteiger partial charge in [-0.3, -0.25) is 9.59 Å². The molecule has 2 aliphatic rings. The van der Waals surface area contributed by atoms with Crippen molar-refractivity contribution < 1.29 is 64.3 Å². The molecule has 1 saturated carbocycles. The molecule has 0 amide bonds. The number of aromatic hydroxyl groups is 3. The van der Waals surface area contributed by atoms with Crippen molar-refractivity contribution in [3.05, 3.63) is 29.3 Å². The maximum Gasteiger partial charge on any atom is 0.338 e. The Morgan fingerprint density at radius 2 is 1.50 bits per heavy atom. The zero-order valence-electron chi connectivity index (χ0n) is 23.0. The van der Waals surface area contributed by atoms with E-state index in [1.807, 2.05) is 0 Å². The first-order chi connectivity index (χ1) is 18.3. The minimum atomic E-state index is -2.34. The molecule has 1 heterocycles. The van der Waals surface area contributed by atoms with E-state index in [2.05, 4.69) is 0 Å². The van der Waals surface area contributed by atoms with Gasteiger partial charge in [-0.15, -0.1) is 0 Å². The first kappa shape index (κ1) is 31.5. The van der Waals surface area contributed by atoms with E-state index >= 15 is 0 Å². The number of aliphatic hydroxyl groups excluding tert-OH is 3. The summed E-state index contributed by atoms with van der Waals surface area (Å²) < 4.78 is 16.5. The maximum atomic E-state index is 13.4.